The fourth-order valence-corrected chi connectivity index (χ4v) is 3.92. The van der Waals surface area contributed by atoms with Crippen LogP contribution in [0.2, 0.25) is 0 Å². The number of morpholine rings is 1. The van der Waals surface area contributed by atoms with E-state index in [1.807, 2.05) is 28.8 Å². The second kappa shape index (κ2) is 6.87. The van der Waals surface area contributed by atoms with Crippen LogP contribution in [-0.2, 0) is 4.74 Å². The Labute approximate surface area is 136 Å². The Hall–Kier alpha value is -1.27. The van der Waals surface area contributed by atoms with E-state index in [1.165, 1.54) is 0 Å². The first-order chi connectivity index (χ1) is 10.6. The van der Waals surface area contributed by atoms with Gasteiger partial charge in [0.15, 0.2) is 0 Å². The Morgan fingerprint density at radius 1 is 1.23 bits per heavy atom. The van der Waals surface area contributed by atoms with Gasteiger partial charge in [-0.3, -0.25) is 4.79 Å². The van der Waals surface area contributed by atoms with Crippen LogP contribution in [0.25, 0.3) is 0 Å². The third kappa shape index (κ3) is 3.55. The Morgan fingerprint density at radius 2 is 1.91 bits per heavy atom. The van der Waals surface area contributed by atoms with Gasteiger partial charge in [-0.05, 0) is 26.0 Å². The van der Waals surface area contributed by atoms with Crippen molar-refractivity contribution in [2.45, 2.75) is 26.1 Å². The Bertz CT molecular complexity index is 507. The summed E-state index contributed by atoms with van der Waals surface area (Å²) in [5.41, 5.74) is 0.685. The van der Waals surface area contributed by atoms with Gasteiger partial charge >= 0.3 is 0 Å². The average Bonchev–Trinajstić information content (AvgIpc) is 2.54. The molecule has 0 unspecified atom stereocenters. The number of carbonyl (C=O) groups is 1. The van der Waals surface area contributed by atoms with Crippen LogP contribution < -0.4 is 4.90 Å². The maximum atomic E-state index is 12.4. The summed E-state index contributed by atoms with van der Waals surface area (Å²) in [6.45, 7) is 7.51. The number of nitrogens with zero attached hydrogens (tertiary/aromatic N) is 3. The topological polar surface area (TPSA) is 45.7 Å². The number of hydrogen-bond donors (Lipinski definition) is 0. The molecule has 120 valence electrons. The van der Waals surface area contributed by atoms with Gasteiger partial charge in [0.25, 0.3) is 5.91 Å². The number of carbonyl (C=O) groups excluding carboxylic acids is 1. The van der Waals surface area contributed by atoms with Crippen molar-refractivity contribution in [3.8, 4) is 0 Å². The molecule has 0 spiro atoms. The molecule has 0 aromatic carbocycles. The summed E-state index contributed by atoms with van der Waals surface area (Å²) >= 11 is 1.90. The monoisotopic (exact) mass is 321 g/mol. The molecule has 2 aliphatic rings. The van der Waals surface area contributed by atoms with E-state index in [9.17, 15) is 4.79 Å². The van der Waals surface area contributed by atoms with Crippen molar-refractivity contribution >= 4 is 23.5 Å². The van der Waals surface area contributed by atoms with Crippen molar-refractivity contribution < 1.29 is 9.53 Å². The number of aromatic nitrogens is 1. The normalized spacial score (nSPS) is 26.1. The molecular weight excluding hydrogens is 298 g/mol. The second-order valence-electron chi connectivity index (χ2n) is 5.97. The standard InChI is InChI=1S/C16H23N3O2S/c1-12-10-19(11-13(2)21-12)15-4-3-14(9-17-15)16(20)18-5-7-22-8-6-18/h3-4,9,12-13H,5-8,10-11H2,1-2H3/t12-,13+. The van der Waals surface area contributed by atoms with E-state index in [0.717, 1.165) is 43.5 Å². The van der Waals surface area contributed by atoms with Crippen molar-refractivity contribution in [2.24, 2.45) is 0 Å². The minimum Gasteiger partial charge on any atom is -0.372 e. The van der Waals surface area contributed by atoms with E-state index in [0.29, 0.717) is 5.56 Å². The van der Waals surface area contributed by atoms with Gasteiger partial charge in [-0.1, -0.05) is 0 Å². The first-order valence-electron chi connectivity index (χ1n) is 7.87. The lowest BCUT2D eigenvalue weighted by Crippen LogP contribution is -2.45. The summed E-state index contributed by atoms with van der Waals surface area (Å²) in [7, 11) is 0. The molecule has 6 heteroatoms. The lowest BCUT2D eigenvalue weighted by molar-refractivity contribution is -0.00546. The minimum atomic E-state index is 0.100. The zero-order chi connectivity index (χ0) is 15.5. The van der Waals surface area contributed by atoms with Gasteiger partial charge in [-0.15, -0.1) is 0 Å². The van der Waals surface area contributed by atoms with Crippen LogP contribution in [0.15, 0.2) is 18.3 Å². The van der Waals surface area contributed by atoms with Crippen LogP contribution in [0.5, 0.6) is 0 Å². The molecular formula is C16H23N3O2S. The van der Waals surface area contributed by atoms with E-state index in [-0.39, 0.29) is 18.1 Å². The lowest BCUT2D eigenvalue weighted by Gasteiger charge is -2.36. The Balaban J connectivity index is 1.68. The quantitative estimate of drug-likeness (QED) is 0.832. The van der Waals surface area contributed by atoms with Gasteiger partial charge in [-0.25, -0.2) is 4.98 Å². The number of amides is 1. The molecule has 2 atom stereocenters. The third-order valence-electron chi connectivity index (χ3n) is 4.04. The number of ether oxygens (including phenoxy) is 1. The molecule has 1 aromatic rings. The van der Waals surface area contributed by atoms with E-state index >= 15 is 0 Å². The highest BCUT2D eigenvalue weighted by atomic mass is 32.2. The van der Waals surface area contributed by atoms with E-state index in [1.54, 1.807) is 6.20 Å². The molecule has 5 nitrogen and oxygen atoms in total. The molecule has 0 N–H and O–H groups in total. The summed E-state index contributed by atoms with van der Waals surface area (Å²) in [6, 6.07) is 3.86. The number of pyridine rings is 1. The third-order valence-corrected chi connectivity index (χ3v) is 4.98. The molecule has 0 radical (unpaired) electrons. The van der Waals surface area contributed by atoms with E-state index in [2.05, 4.69) is 23.7 Å². The van der Waals surface area contributed by atoms with Crippen LogP contribution in [0, 0.1) is 0 Å². The maximum Gasteiger partial charge on any atom is 0.255 e. The zero-order valence-electron chi connectivity index (χ0n) is 13.2. The van der Waals surface area contributed by atoms with Gasteiger partial charge < -0.3 is 14.5 Å². The molecule has 1 amide bonds. The molecule has 2 saturated heterocycles. The van der Waals surface area contributed by atoms with Crippen molar-refractivity contribution in [3.05, 3.63) is 23.9 Å². The summed E-state index contributed by atoms with van der Waals surface area (Å²) in [4.78, 5) is 21.1. The SMILES string of the molecule is C[C@@H]1CN(c2ccc(C(=O)N3CCSCC3)cn2)C[C@H](C)O1. The van der Waals surface area contributed by atoms with Crippen LogP contribution in [0.3, 0.4) is 0 Å². The molecule has 0 saturated carbocycles. The Kier molecular flexibility index (Phi) is 4.88. The highest BCUT2D eigenvalue weighted by Crippen LogP contribution is 2.19. The number of anilines is 1. The van der Waals surface area contributed by atoms with Crippen LogP contribution >= 0.6 is 11.8 Å². The van der Waals surface area contributed by atoms with E-state index in [4.69, 9.17) is 4.74 Å². The van der Waals surface area contributed by atoms with Gasteiger partial charge in [0, 0.05) is 43.9 Å². The summed E-state index contributed by atoms with van der Waals surface area (Å²) in [5.74, 6) is 3.08. The predicted molar refractivity (Wildman–Crippen MR) is 89.7 cm³/mol. The molecule has 22 heavy (non-hydrogen) atoms. The molecule has 2 fully saturated rings. The fraction of sp³-hybridized carbons (Fsp3) is 0.625. The van der Waals surface area contributed by atoms with Crippen molar-refractivity contribution in [1.82, 2.24) is 9.88 Å². The highest BCUT2D eigenvalue weighted by Gasteiger charge is 2.24. The Morgan fingerprint density at radius 3 is 2.50 bits per heavy atom. The first-order valence-corrected chi connectivity index (χ1v) is 9.02. The van der Waals surface area contributed by atoms with Crippen molar-refractivity contribution in [2.75, 3.05) is 42.6 Å². The first kappa shape index (κ1) is 15.6. The lowest BCUT2D eigenvalue weighted by atomic mass is 10.2. The summed E-state index contributed by atoms with van der Waals surface area (Å²) in [5, 5.41) is 0. The van der Waals surface area contributed by atoms with Crippen molar-refractivity contribution in [3.63, 3.8) is 0 Å². The van der Waals surface area contributed by atoms with Crippen LogP contribution in [0.4, 0.5) is 5.82 Å². The molecule has 1 aromatic heterocycles. The van der Waals surface area contributed by atoms with Gasteiger partial charge in [0.05, 0.1) is 17.8 Å². The number of rotatable bonds is 2. The largest absolute Gasteiger partial charge is 0.372 e. The second-order valence-corrected chi connectivity index (χ2v) is 7.20. The van der Waals surface area contributed by atoms with Gasteiger partial charge in [0.1, 0.15) is 5.82 Å². The zero-order valence-corrected chi connectivity index (χ0v) is 14.0. The van der Waals surface area contributed by atoms with Crippen LogP contribution in [0.1, 0.15) is 24.2 Å². The average molecular weight is 321 g/mol. The number of hydrogen-bond acceptors (Lipinski definition) is 5. The van der Waals surface area contributed by atoms with E-state index < -0.39 is 0 Å². The summed E-state index contributed by atoms with van der Waals surface area (Å²) in [6.07, 6.45) is 2.12. The molecule has 0 aliphatic carbocycles. The van der Waals surface area contributed by atoms with Crippen molar-refractivity contribution in [1.29, 1.82) is 0 Å². The summed E-state index contributed by atoms with van der Waals surface area (Å²) < 4.78 is 5.75. The van der Waals surface area contributed by atoms with Gasteiger partial charge in [0.2, 0.25) is 0 Å². The van der Waals surface area contributed by atoms with Crippen LogP contribution in [-0.4, -0.2) is 65.7 Å². The minimum absolute atomic E-state index is 0.100. The maximum absolute atomic E-state index is 12.4. The molecule has 3 rings (SSSR count). The van der Waals surface area contributed by atoms with Gasteiger partial charge in [-0.2, -0.15) is 11.8 Å². The smallest absolute Gasteiger partial charge is 0.255 e. The highest BCUT2D eigenvalue weighted by molar-refractivity contribution is 7.99. The fourth-order valence-electron chi connectivity index (χ4n) is 3.01. The molecule has 0 bridgehead atoms. The molecule has 2 aliphatic heterocycles. The predicted octanol–water partition coefficient (Wildman–Crippen LogP) is 1.88. The number of thioether (sulfide) groups is 1. The molecule has 3 heterocycles.